The van der Waals surface area contributed by atoms with Gasteiger partial charge in [-0.3, -0.25) is 0 Å². The van der Waals surface area contributed by atoms with E-state index >= 15 is 0 Å². The Bertz CT molecular complexity index is 241. The molecular formula is C7H7N2O2. The number of hydrogen-bond donors (Lipinski definition) is 0. The Balaban J connectivity index is 2.60. The SMILES string of the molecule is COC(=O)N=C1C=CC=C[N]1. The van der Waals surface area contributed by atoms with E-state index < -0.39 is 6.09 Å². The van der Waals surface area contributed by atoms with Crippen molar-refractivity contribution in [3.8, 4) is 0 Å². The summed E-state index contributed by atoms with van der Waals surface area (Å²) in [5.41, 5.74) is 0. The summed E-state index contributed by atoms with van der Waals surface area (Å²) in [6, 6.07) is 0. The molecule has 0 bridgehead atoms. The minimum atomic E-state index is -0.635. The number of carbonyl (C=O) groups is 1. The van der Waals surface area contributed by atoms with Gasteiger partial charge in [-0.1, -0.05) is 6.08 Å². The molecule has 4 nitrogen and oxygen atoms in total. The highest BCUT2D eigenvalue weighted by molar-refractivity contribution is 6.00. The fourth-order valence-corrected chi connectivity index (χ4v) is 0.559. The number of nitrogens with zero attached hydrogens (tertiary/aromatic N) is 2. The monoisotopic (exact) mass is 151 g/mol. The fraction of sp³-hybridized carbons (Fsp3) is 0.143. The first-order valence-corrected chi connectivity index (χ1v) is 3.03. The second-order valence-corrected chi connectivity index (χ2v) is 1.77. The maximum Gasteiger partial charge on any atom is 0.435 e. The molecule has 0 N–H and O–H groups in total. The van der Waals surface area contributed by atoms with Crippen LogP contribution in [0, 0.1) is 0 Å². The highest BCUT2D eigenvalue weighted by Crippen LogP contribution is 1.91. The first kappa shape index (κ1) is 7.53. The molecule has 0 atom stereocenters. The first-order valence-electron chi connectivity index (χ1n) is 3.03. The molecule has 0 saturated carbocycles. The van der Waals surface area contributed by atoms with E-state index in [1.165, 1.54) is 7.11 Å². The molecule has 0 aliphatic carbocycles. The zero-order chi connectivity index (χ0) is 8.10. The van der Waals surface area contributed by atoms with Crippen molar-refractivity contribution in [3.63, 3.8) is 0 Å². The van der Waals surface area contributed by atoms with Gasteiger partial charge in [0, 0.05) is 6.20 Å². The van der Waals surface area contributed by atoms with Crippen molar-refractivity contribution < 1.29 is 9.53 Å². The van der Waals surface area contributed by atoms with Gasteiger partial charge in [-0.25, -0.2) is 10.1 Å². The Morgan fingerprint density at radius 3 is 3.00 bits per heavy atom. The van der Waals surface area contributed by atoms with E-state index in [0.717, 1.165) is 0 Å². The Morgan fingerprint density at radius 2 is 2.45 bits per heavy atom. The zero-order valence-corrected chi connectivity index (χ0v) is 6.02. The molecule has 0 aromatic rings. The van der Waals surface area contributed by atoms with Crippen LogP contribution in [0.3, 0.4) is 0 Å². The maximum absolute atomic E-state index is 10.6. The van der Waals surface area contributed by atoms with Gasteiger partial charge < -0.3 is 4.74 Å². The summed E-state index contributed by atoms with van der Waals surface area (Å²) in [4.78, 5) is 14.1. The van der Waals surface area contributed by atoms with Crippen LogP contribution in [0.5, 0.6) is 0 Å². The van der Waals surface area contributed by atoms with Crippen LogP contribution >= 0.6 is 0 Å². The van der Waals surface area contributed by atoms with Crippen molar-refractivity contribution in [1.29, 1.82) is 0 Å². The van der Waals surface area contributed by atoms with E-state index in [1.54, 1.807) is 24.4 Å². The standard InChI is InChI=1S/C7H7N2O2/c1-11-7(10)9-6-4-2-3-5-8-6/h2-5H,1H3. The van der Waals surface area contributed by atoms with Gasteiger partial charge in [0.2, 0.25) is 0 Å². The molecule has 4 heteroatoms. The van der Waals surface area contributed by atoms with E-state index in [9.17, 15) is 4.79 Å². The van der Waals surface area contributed by atoms with Crippen LogP contribution in [-0.2, 0) is 4.74 Å². The van der Waals surface area contributed by atoms with Gasteiger partial charge in [-0.2, -0.15) is 4.99 Å². The average Bonchev–Trinajstić information content (AvgIpc) is 2.06. The zero-order valence-electron chi connectivity index (χ0n) is 6.02. The van der Waals surface area contributed by atoms with E-state index in [-0.39, 0.29) is 0 Å². The predicted octanol–water partition coefficient (Wildman–Crippen LogP) is 0.839. The molecule has 1 radical (unpaired) electrons. The van der Waals surface area contributed by atoms with Gasteiger partial charge in [0.05, 0.1) is 7.11 Å². The number of rotatable bonds is 0. The number of hydrogen-bond acceptors (Lipinski definition) is 2. The fourth-order valence-electron chi connectivity index (χ4n) is 0.559. The van der Waals surface area contributed by atoms with E-state index in [2.05, 4.69) is 15.0 Å². The summed E-state index contributed by atoms with van der Waals surface area (Å²) in [6.45, 7) is 0. The third-order valence-electron chi connectivity index (χ3n) is 1.03. The van der Waals surface area contributed by atoms with Crippen molar-refractivity contribution in [3.05, 3.63) is 24.4 Å². The highest BCUT2D eigenvalue weighted by atomic mass is 16.5. The molecule has 1 heterocycles. The second-order valence-electron chi connectivity index (χ2n) is 1.77. The molecule has 0 spiro atoms. The van der Waals surface area contributed by atoms with Gasteiger partial charge in [0.1, 0.15) is 0 Å². The summed E-state index contributed by atoms with van der Waals surface area (Å²) < 4.78 is 4.31. The lowest BCUT2D eigenvalue weighted by Crippen LogP contribution is -2.11. The number of methoxy groups -OCH3 is 1. The van der Waals surface area contributed by atoms with Crippen LogP contribution in [0.1, 0.15) is 0 Å². The smallest absolute Gasteiger partial charge is 0.435 e. The van der Waals surface area contributed by atoms with Gasteiger partial charge >= 0.3 is 6.09 Å². The second kappa shape index (κ2) is 3.55. The third kappa shape index (κ3) is 2.25. The lowest BCUT2D eigenvalue weighted by Gasteiger charge is -1.98. The molecular weight excluding hydrogens is 144 g/mol. The normalized spacial score (nSPS) is 18.1. The van der Waals surface area contributed by atoms with Crippen LogP contribution in [0.15, 0.2) is 29.4 Å². The average molecular weight is 151 g/mol. The number of allylic oxidation sites excluding steroid dienone is 2. The van der Waals surface area contributed by atoms with Crippen molar-refractivity contribution >= 4 is 11.9 Å². The van der Waals surface area contributed by atoms with E-state index in [1.807, 2.05) is 0 Å². The Hall–Kier alpha value is -1.58. The number of amidine groups is 1. The van der Waals surface area contributed by atoms with Crippen LogP contribution in [0.25, 0.3) is 0 Å². The number of aliphatic imine (C=N–C) groups is 1. The van der Waals surface area contributed by atoms with Crippen molar-refractivity contribution in [1.82, 2.24) is 5.32 Å². The minimum Gasteiger partial charge on any atom is -0.451 e. The van der Waals surface area contributed by atoms with E-state index in [4.69, 9.17) is 0 Å². The quantitative estimate of drug-likeness (QED) is 0.515. The van der Waals surface area contributed by atoms with Crippen molar-refractivity contribution in [2.75, 3.05) is 7.11 Å². The molecule has 0 unspecified atom stereocenters. The topological polar surface area (TPSA) is 52.8 Å². The van der Waals surface area contributed by atoms with Gasteiger partial charge in [0.15, 0.2) is 5.84 Å². The summed E-state index contributed by atoms with van der Waals surface area (Å²) in [5, 5.41) is 3.80. The molecule has 57 valence electrons. The number of carbonyl (C=O) groups excluding carboxylic acids is 1. The number of amides is 1. The van der Waals surface area contributed by atoms with E-state index in [0.29, 0.717) is 5.84 Å². The summed E-state index contributed by atoms with van der Waals surface area (Å²) >= 11 is 0. The lowest BCUT2D eigenvalue weighted by molar-refractivity contribution is 0.182. The summed E-state index contributed by atoms with van der Waals surface area (Å²) in [6.07, 6.45) is 6.03. The Kier molecular flexibility index (Phi) is 2.43. The molecule has 1 amide bonds. The van der Waals surface area contributed by atoms with Gasteiger partial charge in [-0.15, -0.1) is 0 Å². The third-order valence-corrected chi connectivity index (χ3v) is 1.03. The van der Waals surface area contributed by atoms with Gasteiger partial charge in [0.25, 0.3) is 0 Å². The maximum atomic E-state index is 10.6. The summed E-state index contributed by atoms with van der Waals surface area (Å²) in [7, 11) is 1.27. The highest BCUT2D eigenvalue weighted by Gasteiger charge is 2.00. The minimum absolute atomic E-state index is 0.361. The van der Waals surface area contributed by atoms with Crippen LogP contribution in [-0.4, -0.2) is 19.0 Å². The molecule has 11 heavy (non-hydrogen) atoms. The molecule has 0 aromatic carbocycles. The Morgan fingerprint density at radius 1 is 1.64 bits per heavy atom. The first-order chi connectivity index (χ1) is 5.33. The van der Waals surface area contributed by atoms with Crippen LogP contribution < -0.4 is 5.32 Å². The van der Waals surface area contributed by atoms with Crippen molar-refractivity contribution in [2.24, 2.45) is 4.99 Å². The largest absolute Gasteiger partial charge is 0.451 e. The van der Waals surface area contributed by atoms with Crippen LogP contribution in [0.4, 0.5) is 4.79 Å². The lowest BCUT2D eigenvalue weighted by atomic mass is 10.4. The Labute approximate surface area is 64.3 Å². The molecule has 0 aromatic heterocycles. The molecule has 1 rings (SSSR count). The predicted molar refractivity (Wildman–Crippen MR) is 40.3 cm³/mol. The molecule has 0 saturated heterocycles. The summed E-state index contributed by atoms with van der Waals surface area (Å²) in [5.74, 6) is 0.361. The van der Waals surface area contributed by atoms with Crippen molar-refractivity contribution in [2.45, 2.75) is 0 Å². The molecule has 1 aliphatic heterocycles. The van der Waals surface area contributed by atoms with Crippen LogP contribution in [0.2, 0.25) is 0 Å². The molecule has 1 aliphatic rings. The van der Waals surface area contributed by atoms with Gasteiger partial charge in [-0.05, 0) is 12.2 Å². The molecule has 0 fully saturated rings. The number of ether oxygens (including phenoxy) is 1.